The first-order valence-electron chi connectivity index (χ1n) is 9.68. The smallest absolute Gasteiger partial charge is 0.267 e. The molecule has 0 saturated carbocycles. The minimum absolute atomic E-state index is 0.00695. The van der Waals surface area contributed by atoms with Crippen molar-refractivity contribution in [1.29, 1.82) is 0 Å². The molecule has 8 nitrogen and oxygen atoms in total. The quantitative estimate of drug-likeness (QED) is 0.414. The molecule has 162 valence electrons. The number of amides is 1. The molecule has 0 aliphatic rings. The highest BCUT2D eigenvalue weighted by Crippen LogP contribution is 2.27. The van der Waals surface area contributed by atoms with E-state index >= 15 is 0 Å². The van der Waals surface area contributed by atoms with E-state index in [2.05, 4.69) is 20.6 Å². The van der Waals surface area contributed by atoms with Crippen LogP contribution in [-0.4, -0.2) is 25.4 Å². The fourth-order valence-corrected chi connectivity index (χ4v) is 3.73. The van der Waals surface area contributed by atoms with Gasteiger partial charge in [0, 0.05) is 6.92 Å². The Morgan fingerprint density at radius 1 is 1.06 bits per heavy atom. The number of nitrogens with zero attached hydrogens (tertiary/aromatic N) is 4. The number of nitrogens with one attached hydrogen (secondary N) is 2. The van der Waals surface area contributed by atoms with Crippen molar-refractivity contribution in [2.45, 2.75) is 19.9 Å². The Morgan fingerprint density at radius 3 is 2.53 bits per heavy atom. The van der Waals surface area contributed by atoms with Gasteiger partial charge in [-0.15, -0.1) is 0 Å². The molecule has 0 bridgehead atoms. The van der Waals surface area contributed by atoms with Gasteiger partial charge in [0.2, 0.25) is 11.2 Å². The molecular formula is C22H18Cl2N6O2. The highest BCUT2D eigenvalue weighted by molar-refractivity contribution is 6.35. The van der Waals surface area contributed by atoms with Crippen molar-refractivity contribution in [3.63, 3.8) is 0 Å². The van der Waals surface area contributed by atoms with E-state index in [1.807, 2.05) is 37.3 Å². The molecule has 0 saturated heterocycles. The van der Waals surface area contributed by atoms with E-state index in [1.165, 1.54) is 17.7 Å². The van der Waals surface area contributed by atoms with Crippen molar-refractivity contribution >= 4 is 51.5 Å². The number of hydrogen-bond donors (Lipinski definition) is 2. The fourth-order valence-electron chi connectivity index (χ4n) is 3.35. The standard InChI is InChI=1S/C22H18Cl2N6O2/c1-12(26-19-17(27-13(2)31)11-25-22(24)29-19)20-28-16-10-6-9-15(23)18(16)21(32)30(20)14-7-4-3-5-8-14/h3-12H,1-2H3,(H,27,31)(H,25,26,29). The monoisotopic (exact) mass is 468 g/mol. The van der Waals surface area contributed by atoms with Crippen LogP contribution in [0.25, 0.3) is 16.6 Å². The summed E-state index contributed by atoms with van der Waals surface area (Å²) in [4.78, 5) is 37.9. The Morgan fingerprint density at radius 2 is 1.81 bits per heavy atom. The van der Waals surface area contributed by atoms with Crippen LogP contribution < -0.4 is 16.2 Å². The largest absolute Gasteiger partial charge is 0.359 e. The van der Waals surface area contributed by atoms with Crippen molar-refractivity contribution < 1.29 is 4.79 Å². The zero-order chi connectivity index (χ0) is 22.8. The molecule has 0 spiro atoms. The molecule has 2 aromatic heterocycles. The van der Waals surface area contributed by atoms with Gasteiger partial charge in [-0.1, -0.05) is 35.9 Å². The molecule has 10 heteroatoms. The lowest BCUT2D eigenvalue weighted by Gasteiger charge is -2.21. The van der Waals surface area contributed by atoms with Crippen LogP contribution in [-0.2, 0) is 4.79 Å². The second-order valence-electron chi connectivity index (χ2n) is 7.03. The van der Waals surface area contributed by atoms with Crippen LogP contribution in [0.4, 0.5) is 11.5 Å². The summed E-state index contributed by atoms with van der Waals surface area (Å²) in [7, 11) is 0. The second kappa shape index (κ2) is 8.94. The number of para-hydroxylation sites is 1. The Hall–Kier alpha value is -3.49. The predicted molar refractivity (Wildman–Crippen MR) is 126 cm³/mol. The van der Waals surface area contributed by atoms with Crippen LogP contribution in [0.1, 0.15) is 25.7 Å². The number of aromatic nitrogens is 4. The molecule has 1 amide bonds. The number of anilines is 2. The summed E-state index contributed by atoms with van der Waals surface area (Å²) in [6.45, 7) is 3.20. The van der Waals surface area contributed by atoms with Crippen LogP contribution in [0.2, 0.25) is 10.3 Å². The van der Waals surface area contributed by atoms with E-state index < -0.39 is 6.04 Å². The molecule has 0 radical (unpaired) electrons. The van der Waals surface area contributed by atoms with Gasteiger partial charge in [0.1, 0.15) is 11.5 Å². The van der Waals surface area contributed by atoms with Crippen molar-refractivity contribution in [1.82, 2.24) is 19.5 Å². The number of fused-ring (bicyclic) bond motifs is 1. The first-order chi connectivity index (χ1) is 15.3. The van der Waals surface area contributed by atoms with Gasteiger partial charge in [-0.3, -0.25) is 14.2 Å². The van der Waals surface area contributed by atoms with E-state index in [0.29, 0.717) is 38.9 Å². The first kappa shape index (κ1) is 21.7. The summed E-state index contributed by atoms with van der Waals surface area (Å²) < 4.78 is 1.51. The molecule has 4 aromatic rings. The minimum atomic E-state index is -0.509. The van der Waals surface area contributed by atoms with E-state index in [0.717, 1.165) is 0 Å². The number of carbonyl (C=O) groups excluding carboxylic acids is 1. The number of benzene rings is 2. The van der Waals surface area contributed by atoms with E-state index in [1.54, 1.807) is 18.2 Å². The van der Waals surface area contributed by atoms with E-state index in [4.69, 9.17) is 28.2 Å². The van der Waals surface area contributed by atoms with Crippen LogP contribution >= 0.6 is 23.2 Å². The Labute approximate surface area is 193 Å². The van der Waals surface area contributed by atoms with Gasteiger partial charge in [0.15, 0.2) is 5.82 Å². The zero-order valence-corrected chi connectivity index (χ0v) is 18.6. The Balaban J connectivity index is 1.89. The SMILES string of the molecule is CC(=O)Nc1cnc(Cl)nc1NC(C)c1nc2cccc(Cl)c2c(=O)n1-c1ccccc1. The van der Waals surface area contributed by atoms with Gasteiger partial charge in [0.05, 0.1) is 33.9 Å². The van der Waals surface area contributed by atoms with Crippen molar-refractivity contribution in [2.24, 2.45) is 0 Å². The molecule has 0 aliphatic carbocycles. The van der Waals surface area contributed by atoms with Gasteiger partial charge < -0.3 is 10.6 Å². The van der Waals surface area contributed by atoms with Crippen molar-refractivity contribution in [2.75, 3.05) is 10.6 Å². The summed E-state index contributed by atoms with van der Waals surface area (Å²) in [5, 5.41) is 6.51. The molecule has 32 heavy (non-hydrogen) atoms. The lowest BCUT2D eigenvalue weighted by atomic mass is 10.2. The maximum atomic E-state index is 13.5. The maximum absolute atomic E-state index is 13.5. The molecule has 1 atom stereocenters. The molecule has 2 aromatic carbocycles. The number of carbonyl (C=O) groups is 1. The van der Waals surface area contributed by atoms with Crippen LogP contribution in [0.5, 0.6) is 0 Å². The topological polar surface area (TPSA) is 102 Å². The Kier molecular flexibility index (Phi) is 6.07. The summed E-state index contributed by atoms with van der Waals surface area (Å²) in [6.07, 6.45) is 1.41. The maximum Gasteiger partial charge on any atom is 0.267 e. The van der Waals surface area contributed by atoms with Crippen LogP contribution in [0.3, 0.4) is 0 Å². The van der Waals surface area contributed by atoms with Crippen molar-refractivity contribution in [3.8, 4) is 5.69 Å². The Bertz CT molecular complexity index is 1370. The highest BCUT2D eigenvalue weighted by atomic mass is 35.5. The van der Waals surface area contributed by atoms with Crippen LogP contribution in [0.15, 0.2) is 59.5 Å². The highest BCUT2D eigenvalue weighted by Gasteiger charge is 2.21. The van der Waals surface area contributed by atoms with Gasteiger partial charge >= 0.3 is 0 Å². The summed E-state index contributed by atoms with van der Waals surface area (Å²) >= 11 is 12.3. The molecule has 0 aliphatic heterocycles. The average molecular weight is 469 g/mol. The molecule has 2 N–H and O–H groups in total. The zero-order valence-electron chi connectivity index (χ0n) is 17.1. The third-order valence-corrected chi connectivity index (χ3v) is 5.19. The first-order valence-corrected chi connectivity index (χ1v) is 10.4. The normalized spacial score (nSPS) is 11.9. The van der Waals surface area contributed by atoms with Gasteiger partial charge in [0.25, 0.3) is 5.56 Å². The minimum Gasteiger partial charge on any atom is -0.359 e. The summed E-state index contributed by atoms with van der Waals surface area (Å²) in [5.74, 6) is 0.443. The fraction of sp³-hybridized carbons (Fsp3) is 0.136. The summed E-state index contributed by atoms with van der Waals surface area (Å²) in [6, 6.07) is 13.8. The number of halogens is 2. The van der Waals surface area contributed by atoms with Crippen molar-refractivity contribution in [3.05, 3.63) is 81.2 Å². The summed E-state index contributed by atoms with van der Waals surface area (Å²) in [5.41, 5.74) is 1.17. The van der Waals surface area contributed by atoms with Gasteiger partial charge in [-0.2, -0.15) is 4.98 Å². The molecule has 2 heterocycles. The number of hydrogen-bond acceptors (Lipinski definition) is 6. The third-order valence-electron chi connectivity index (χ3n) is 4.70. The third kappa shape index (κ3) is 4.28. The predicted octanol–water partition coefficient (Wildman–Crippen LogP) is 4.61. The molecule has 4 rings (SSSR count). The molecular weight excluding hydrogens is 451 g/mol. The lowest BCUT2D eigenvalue weighted by Crippen LogP contribution is -2.27. The van der Waals surface area contributed by atoms with Crippen LogP contribution in [0, 0.1) is 0 Å². The van der Waals surface area contributed by atoms with E-state index in [-0.39, 0.29) is 16.8 Å². The number of rotatable bonds is 5. The second-order valence-corrected chi connectivity index (χ2v) is 7.77. The molecule has 0 fully saturated rings. The van der Waals surface area contributed by atoms with E-state index in [9.17, 15) is 9.59 Å². The molecule has 1 unspecified atom stereocenters. The average Bonchev–Trinajstić information content (AvgIpc) is 2.75. The lowest BCUT2D eigenvalue weighted by molar-refractivity contribution is -0.114. The van der Waals surface area contributed by atoms with Gasteiger partial charge in [-0.25, -0.2) is 9.97 Å². The van der Waals surface area contributed by atoms with Gasteiger partial charge in [-0.05, 0) is 42.8 Å².